The van der Waals surface area contributed by atoms with E-state index < -0.39 is 41.5 Å². The molecular weight excluding hydrogens is 1500 g/mol. The third-order valence-electron chi connectivity index (χ3n) is 16.3. The molecule has 0 radical (unpaired) electrons. The number of thiazole rings is 3. The zero-order valence-electron chi connectivity index (χ0n) is 50.8. The number of carbonyl (C=O) groups excluding carboxylic acids is 2. The van der Waals surface area contributed by atoms with Gasteiger partial charge in [0.1, 0.15) is 36.7 Å². The van der Waals surface area contributed by atoms with Crippen LogP contribution >= 0.6 is 81.8 Å². The van der Waals surface area contributed by atoms with Gasteiger partial charge in [-0.2, -0.15) is 0 Å². The van der Waals surface area contributed by atoms with E-state index in [-0.39, 0.29) is 49.9 Å². The fraction of sp³-hybridized carbons (Fsp3) is 0.387. The van der Waals surface area contributed by atoms with Crippen LogP contribution in [0.1, 0.15) is 115 Å². The molecule has 17 nitrogen and oxygen atoms in total. The first-order chi connectivity index (χ1) is 42.3. The number of phenolic OH excluding ortho intramolecular Hbond substituents is 2. The van der Waals surface area contributed by atoms with E-state index in [2.05, 4.69) is 144 Å². The van der Waals surface area contributed by atoms with Gasteiger partial charge in [0, 0.05) is 117 Å². The minimum Gasteiger partial charge on any atom is -0.504 e. The summed E-state index contributed by atoms with van der Waals surface area (Å²) < 4.78 is 53.6. The Balaban J connectivity index is 0.000000150. The molecule has 2 N–H and O–H groups in total. The number of hydrogen-bond acceptors (Lipinski definition) is 20. The number of nitrogens with zero attached hydrogens (tertiary/aromatic N) is 9. The second kappa shape index (κ2) is 30.9. The van der Waals surface area contributed by atoms with Crippen LogP contribution in [0.15, 0.2) is 109 Å². The van der Waals surface area contributed by atoms with Gasteiger partial charge in [0.15, 0.2) is 39.6 Å². The Bertz CT molecular complexity index is 3660. The van der Waals surface area contributed by atoms with Crippen molar-refractivity contribution in [1.82, 2.24) is 29.9 Å². The summed E-state index contributed by atoms with van der Waals surface area (Å²) in [6.45, 7) is 22.4. The minimum absolute atomic E-state index is 0. The molecule has 0 spiro atoms. The number of aldehydes is 2. The van der Waals surface area contributed by atoms with Crippen molar-refractivity contribution in [2.24, 2.45) is 0 Å². The molecule has 0 amide bonds. The summed E-state index contributed by atoms with van der Waals surface area (Å²) in [5, 5.41) is 26.4. The fourth-order valence-electron chi connectivity index (χ4n) is 9.81. The van der Waals surface area contributed by atoms with Gasteiger partial charge in [-0.05, 0) is 202 Å². The Morgan fingerprint density at radius 1 is 0.500 bits per heavy atom. The summed E-state index contributed by atoms with van der Waals surface area (Å²) >= 11 is 14.4. The van der Waals surface area contributed by atoms with E-state index >= 15 is 0 Å². The van der Waals surface area contributed by atoms with Crippen LogP contribution in [0.5, 0.6) is 11.5 Å². The maximum absolute atomic E-state index is 13.8. The first kappa shape index (κ1) is 70.9. The van der Waals surface area contributed by atoms with Crippen LogP contribution < -0.4 is 25.6 Å². The van der Waals surface area contributed by atoms with E-state index in [0.29, 0.717) is 29.3 Å². The van der Waals surface area contributed by atoms with Crippen LogP contribution in [-0.2, 0) is 39.0 Å². The first-order valence-electron chi connectivity index (χ1n) is 29.0. The second-order valence-electron chi connectivity index (χ2n) is 23.5. The third kappa shape index (κ3) is 17.4. The van der Waals surface area contributed by atoms with Crippen molar-refractivity contribution >= 4 is 137 Å². The van der Waals surface area contributed by atoms with Crippen molar-refractivity contribution in [3.63, 3.8) is 0 Å². The molecule has 5 fully saturated rings. The zero-order valence-corrected chi connectivity index (χ0v) is 59.6. The maximum atomic E-state index is 13.8. The molecule has 0 saturated carbocycles. The summed E-state index contributed by atoms with van der Waals surface area (Å²) in [5.74, 6) is 0.116. The van der Waals surface area contributed by atoms with Gasteiger partial charge < -0.3 is 43.5 Å². The quantitative estimate of drug-likeness (QED) is 0.0967. The van der Waals surface area contributed by atoms with Gasteiger partial charge in [-0.1, -0.05) is 6.07 Å². The molecule has 28 heteroatoms. The number of anilines is 3. The number of phenols is 2. The molecule has 90 heavy (non-hydrogen) atoms. The smallest absolute Gasteiger partial charge is 0.496 e. The molecule has 2 aromatic carbocycles. The Morgan fingerprint density at radius 2 is 0.900 bits per heavy atom. The van der Waals surface area contributed by atoms with Crippen molar-refractivity contribution in [1.29, 1.82) is 0 Å². The first-order valence-corrected chi connectivity index (χ1v) is 34.0. The third-order valence-corrected chi connectivity index (χ3v) is 20.9. The van der Waals surface area contributed by atoms with Crippen molar-refractivity contribution in [2.75, 3.05) is 54.0 Å². The van der Waals surface area contributed by atoms with Crippen molar-refractivity contribution < 1.29 is 67.6 Å². The summed E-state index contributed by atoms with van der Waals surface area (Å²) in [7, 11) is -1.08. The largest absolute Gasteiger partial charge is 0.504 e. The zero-order chi connectivity index (χ0) is 63.8. The normalized spacial score (nSPS) is 17.5. The van der Waals surface area contributed by atoms with Gasteiger partial charge in [-0.25, -0.2) is 38.7 Å². The van der Waals surface area contributed by atoms with Crippen molar-refractivity contribution in [2.45, 2.75) is 116 Å². The number of halogens is 5. The van der Waals surface area contributed by atoms with Crippen LogP contribution in [0.25, 0.3) is 32.4 Å². The van der Waals surface area contributed by atoms with Gasteiger partial charge in [0.2, 0.25) is 0 Å². The maximum Gasteiger partial charge on any atom is 0.496 e. The Labute approximate surface area is 575 Å². The minimum atomic E-state index is -0.866. The summed E-state index contributed by atoms with van der Waals surface area (Å²) in [5.41, 5.74) is 2.43. The van der Waals surface area contributed by atoms with E-state index in [1.807, 2.05) is 63.0 Å². The Hall–Kier alpha value is -4.95. The SMILES string of the molecule is Brc1csc(-c2ccc(N3CCCC3)nc2)n1.Brc1csc(Br)n1.CC1(C)OB(c2cc(F)c(O)c(C=O)c2)OC1(C)C.CC1(C)OB(c2ccc(N3CCCC3)nc2)OC1(C)C.O=Cc1cc(-c2csc(-c3ccc(N4CCCC4)nc3)n2)cc(F)c1O.[Pd]. The Kier molecular flexibility index (Phi) is 24.3. The summed E-state index contributed by atoms with van der Waals surface area (Å²) in [6.07, 6.45) is 13.9. The monoisotopic (exact) mass is 1570 g/mol. The summed E-state index contributed by atoms with van der Waals surface area (Å²) in [6, 6.07) is 17.4. The van der Waals surface area contributed by atoms with Crippen LogP contribution in [0.4, 0.5) is 26.2 Å². The molecule has 6 aromatic heterocycles. The number of carbonyl (C=O) groups is 2. The molecule has 478 valence electrons. The number of aromatic hydroxyl groups is 2. The Morgan fingerprint density at radius 3 is 1.28 bits per heavy atom. The van der Waals surface area contributed by atoms with Gasteiger partial charge in [0.05, 0.1) is 39.2 Å². The topological polar surface area (TPSA) is 199 Å². The predicted octanol–water partition coefficient (Wildman–Crippen LogP) is 14.0. The molecule has 0 unspecified atom stereocenters. The van der Waals surface area contributed by atoms with Gasteiger partial charge in [0.25, 0.3) is 0 Å². The number of benzene rings is 2. The molecule has 8 aromatic rings. The van der Waals surface area contributed by atoms with E-state index in [1.54, 1.807) is 34.3 Å². The van der Waals surface area contributed by atoms with E-state index in [0.717, 1.165) is 103 Å². The average molecular weight is 1570 g/mol. The van der Waals surface area contributed by atoms with Crippen LogP contribution in [0.2, 0.25) is 0 Å². The average Bonchev–Trinajstić information content (AvgIpc) is 2.07. The predicted molar refractivity (Wildman–Crippen MR) is 362 cm³/mol. The number of hydrogen-bond donors (Lipinski definition) is 2. The van der Waals surface area contributed by atoms with Gasteiger partial charge >= 0.3 is 14.2 Å². The van der Waals surface area contributed by atoms with Crippen molar-refractivity contribution in [3.8, 4) is 43.9 Å². The van der Waals surface area contributed by atoms with Gasteiger partial charge in [-0.3, -0.25) is 9.59 Å². The van der Waals surface area contributed by atoms with E-state index in [9.17, 15) is 28.6 Å². The molecule has 11 heterocycles. The molecular formula is C62H68B2Br3F2N9O8PdS3. The fourth-order valence-corrected chi connectivity index (χ4v) is 13.6. The standard InChI is InChI=1S/C19H16FN3O2S.C15H23BN2O2.C13H16BFO4.C12H12BrN3S.C3HBr2NS.Pd/c20-15-8-13(7-14(10-24)18(15)25)16-11-26-19(22-16)12-3-4-17(21-9-12)23-5-1-2-6-23;1-14(2)15(3,4)20-16(19-14)12-7-8-13(17-11-12)18-9-5-6-10-18;1-12(2)13(3,4)19-14(18-12)9-5-8(7-16)11(17)10(15)6-9;13-10-8-17-12(15-10)9-3-4-11(14-7-9)16-5-1-2-6-16;4-2-1-7-3(5)6-2;/h3-4,7-11,25H,1-2,5-6H2;7-8,11H,5-6,9-10H2,1-4H3;5-7,17H,1-4H3;3-4,7-8H,1-2,5-6H2;1H;. The van der Waals surface area contributed by atoms with Crippen molar-refractivity contribution in [3.05, 3.63) is 131 Å². The van der Waals surface area contributed by atoms with Crippen LogP contribution in [0, 0.1) is 11.6 Å². The van der Waals surface area contributed by atoms with Crippen LogP contribution in [0.3, 0.4) is 0 Å². The van der Waals surface area contributed by atoms with E-state index in [4.69, 9.17) is 18.6 Å². The molecule has 5 aliphatic heterocycles. The summed E-state index contributed by atoms with van der Waals surface area (Å²) in [4.78, 5) is 55.2. The van der Waals surface area contributed by atoms with Gasteiger partial charge in [-0.15, -0.1) is 34.0 Å². The molecule has 13 rings (SSSR count). The number of pyridine rings is 3. The molecule has 5 aliphatic rings. The molecule has 0 aliphatic carbocycles. The van der Waals surface area contributed by atoms with E-state index in [1.165, 1.54) is 68.1 Å². The number of aromatic nitrogens is 6. The molecule has 0 atom stereocenters. The number of rotatable bonds is 10. The molecule has 0 bridgehead atoms. The van der Waals surface area contributed by atoms with Crippen LogP contribution in [-0.4, -0.2) is 129 Å². The second-order valence-corrected chi connectivity index (χ2v) is 29.0. The molecule has 5 saturated heterocycles.